The maximum atomic E-state index is 5.54. The molecule has 3 rings (SSSR count). The second kappa shape index (κ2) is 6.05. The van der Waals surface area contributed by atoms with E-state index >= 15 is 0 Å². The zero-order chi connectivity index (χ0) is 14.5. The van der Waals surface area contributed by atoms with Crippen molar-refractivity contribution >= 4 is 5.69 Å². The van der Waals surface area contributed by atoms with Gasteiger partial charge in [0.2, 0.25) is 0 Å². The van der Waals surface area contributed by atoms with Crippen LogP contribution in [0.25, 0.3) is 5.69 Å². The maximum Gasteiger partial charge on any atom is 0.155 e. The quantitative estimate of drug-likeness (QED) is 0.720. The second-order valence-corrected chi connectivity index (χ2v) is 4.52. The molecule has 4 heteroatoms. The van der Waals surface area contributed by atoms with Crippen molar-refractivity contribution in [3.05, 3.63) is 73.1 Å². The third kappa shape index (κ3) is 3.17. The summed E-state index contributed by atoms with van der Waals surface area (Å²) in [5.41, 5.74) is 4.86. The Morgan fingerprint density at radius 1 is 0.810 bits per heavy atom. The molecule has 0 bridgehead atoms. The summed E-state index contributed by atoms with van der Waals surface area (Å²) in [4.78, 5) is 5.54. The number of benzene rings is 2. The van der Waals surface area contributed by atoms with E-state index in [2.05, 4.69) is 5.48 Å². The number of nitrogens with one attached hydrogen (secondary N) is 1. The van der Waals surface area contributed by atoms with Crippen LogP contribution in [0.3, 0.4) is 0 Å². The standard InChI is InChI=1S/C17H16N2O2/c1-20-16-8-4-14(5-9-16)18-21-17-10-6-15(7-11-17)19-12-2-3-13-19/h2-13,18H,1H3. The van der Waals surface area contributed by atoms with E-state index in [4.69, 9.17) is 9.57 Å². The van der Waals surface area contributed by atoms with Crippen LogP contribution in [0.2, 0.25) is 0 Å². The first kappa shape index (κ1) is 13.1. The third-order valence-corrected chi connectivity index (χ3v) is 3.12. The summed E-state index contributed by atoms with van der Waals surface area (Å²) in [6.45, 7) is 0. The first-order valence-electron chi connectivity index (χ1n) is 6.65. The Labute approximate surface area is 123 Å². The molecule has 0 aliphatic carbocycles. The first-order valence-corrected chi connectivity index (χ1v) is 6.65. The Kier molecular flexibility index (Phi) is 3.78. The van der Waals surface area contributed by atoms with Gasteiger partial charge in [-0.1, -0.05) is 0 Å². The van der Waals surface area contributed by atoms with E-state index in [1.165, 1.54) is 0 Å². The van der Waals surface area contributed by atoms with Crippen molar-refractivity contribution in [1.82, 2.24) is 4.57 Å². The number of aromatic nitrogens is 1. The monoisotopic (exact) mass is 280 g/mol. The molecule has 0 saturated heterocycles. The summed E-state index contributed by atoms with van der Waals surface area (Å²) in [7, 11) is 1.64. The molecule has 0 saturated carbocycles. The minimum absolute atomic E-state index is 0.752. The van der Waals surface area contributed by atoms with Crippen LogP contribution < -0.4 is 15.1 Å². The largest absolute Gasteiger partial charge is 0.497 e. The van der Waals surface area contributed by atoms with Crippen LogP contribution in [0.4, 0.5) is 5.69 Å². The average molecular weight is 280 g/mol. The Bertz CT molecular complexity index is 674. The number of anilines is 1. The summed E-state index contributed by atoms with van der Waals surface area (Å²) in [6, 6.07) is 19.4. The van der Waals surface area contributed by atoms with Gasteiger partial charge in [0.1, 0.15) is 5.75 Å². The van der Waals surface area contributed by atoms with Gasteiger partial charge in [-0.05, 0) is 60.7 Å². The van der Waals surface area contributed by atoms with E-state index in [-0.39, 0.29) is 0 Å². The lowest BCUT2D eigenvalue weighted by Crippen LogP contribution is -2.04. The number of nitrogens with zero attached hydrogens (tertiary/aromatic N) is 1. The molecule has 0 fully saturated rings. The average Bonchev–Trinajstić information content (AvgIpc) is 3.08. The minimum Gasteiger partial charge on any atom is -0.497 e. The Morgan fingerprint density at radius 3 is 2.05 bits per heavy atom. The summed E-state index contributed by atoms with van der Waals surface area (Å²) < 4.78 is 7.15. The topological polar surface area (TPSA) is 35.4 Å². The van der Waals surface area contributed by atoms with Gasteiger partial charge in [-0.3, -0.25) is 0 Å². The highest BCUT2D eigenvalue weighted by atomic mass is 16.6. The van der Waals surface area contributed by atoms with Crippen molar-refractivity contribution in [2.45, 2.75) is 0 Å². The molecule has 4 nitrogen and oxygen atoms in total. The van der Waals surface area contributed by atoms with Crippen molar-refractivity contribution in [2.24, 2.45) is 0 Å². The molecule has 21 heavy (non-hydrogen) atoms. The van der Waals surface area contributed by atoms with Crippen LogP contribution in [0.1, 0.15) is 0 Å². The van der Waals surface area contributed by atoms with Gasteiger partial charge in [-0.2, -0.15) is 0 Å². The van der Waals surface area contributed by atoms with Gasteiger partial charge < -0.3 is 14.1 Å². The highest BCUT2D eigenvalue weighted by Crippen LogP contribution is 2.18. The van der Waals surface area contributed by atoms with Crippen LogP contribution in [0.15, 0.2) is 73.1 Å². The van der Waals surface area contributed by atoms with Crippen LogP contribution in [0.5, 0.6) is 11.5 Å². The molecule has 3 aromatic rings. The molecule has 1 aromatic heterocycles. The number of hydrogen-bond donors (Lipinski definition) is 1. The Hall–Kier alpha value is -2.88. The zero-order valence-corrected chi connectivity index (χ0v) is 11.7. The molecule has 0 aliphatic heterocycles. The second-order valence-electron chi connectivity index (χ2n) is 4.52. The summed E-state index contributed by atoms with van der Waals surface area (Å²) in [5, 5.41) is 0. The molecule has 0 amide bonds. The minimum atomic E-state index is 0.752. The smallest absolute Gasteiger partial charge is 0.155 e. The van der Waals surface area contributed by atoms with Crippen LogP contribution >= 0.6 is 0 Å². The van der Waals surface area contributed by atoms with E-state index < -0.39 is 0 Å². The maximum absolute atomic E-state index is 5.54. The molecular weight excluding hydrogens is 264 g/mol. The lowest BCUT2D eigenvalue weighted by molar-refractivity contribution is 0.403. The predicted molar refractivity (Wildman–Crippen MR) is 83.0 cm³/mol. The van der Waals surface area contributed by atoms with Crippen molar-refractivity contribution in [2.75, 3.05) is 12.6 Å². The molecule has 0 spiro atoms. The summed E-state index contributed by atoms with van der Waals surface area (Å²) >= 11 is 0. The number of ether oxygens (including phenoxy) is 1. The number of rotatable bonds is 5. The fourth-order valence-corrected chi connectivity index (χ4v) is 1.97. The van der Waals surface area contributed by atoms with E-state index in [9.17, 15) is 0 Å². The van der Waals surface area contributed by atoms with Gasteiger partial charge >= 0.3 is 0 Å². The highest BCUT2D eigenvalue weighted by molar-refractivity contribution is 5.46. The molecule has 0 atom stereocenters. The molecule has 106 valence electrons. The van der Waals surface area contributed by atoms with Gasteiger partial charge in [0.05, 0.1) is 12.8 Å². The first-order chi connectivity index (χ1) is 10.3. The van der Waals surface area contributed by atoms with E-state index in [0.717, 1.165) is 22.9 Å². The molecule has 2 aromatic carbocycles. The lowest BCUT2D eigenvalue weighted by atomic mass is 10.3. The van der Waals surface area contributed by atoms with Crippen LogP contribution in [-0.4, -0.2) is 11.7 Å². The summed E-state index contributed by atoms with van der Waals surface area (Å²) in [5.74, 6) is 1.57. The van der Waals surface area contributed by atoms with E-state index in [1.807, 2.05) is 77.6 Å². The van der Waals surface area contributed by atoms with Crippen molar-refractivity contribution in [3.63, 3.8) is 0 Å². The van der Waals surface area contributed by atoms with Crippen molar-refractivity contribution in [3.8, 4) is 17.2 Å². The molecule has 0 aliphatic rings. The Balaban J connectivity index is 1.62. The summed E-state index contributed by atoms with van der Waals surface area (Å²) in [6.07, 6.45) is 4.01. The van der Waals surface area contributed by atoms with Crippen molar-refractivity contribution in [1.29, 1.82) is 0 Å². The third-order valence-electron chi connectivity index (χ3n) is 3.12. The van der Waals surface area contributed by atoms with Gasteiger partial charge in [0.15, 0.2) is 5.75 Å². The molecular formula is C17H16N2O2. The molecule has 1 heterocycles. The lowest BCUT2D eigenvalue weighted by Gasteiger charge is -2.09. The van der Waals surface area contributed by atoms with Crippen molar-refractivity contribution < 1.29 is 9.57 Å². The molecule has 0 radical (unpaired) electrons. The number of methoxy groups -OCH3 is 1. The predicted octanol–water partition coefficient (Wildman–Crippen LogP) is 3.89. The van der Waals surface area contributed by atoms with E-state index in [0.29, 0.717) is 0 Å². The van der Waals surface area contributed by atoms with Crippen LogP contribution in [0, 0.1) is 0 Å². The molecule has 0 unspecified atom stereocenters. The van der Waals surface area contributed by atoms with Gasteiger partial charge in [-0.15, -0.1) is 0 Å². The Morgan fingerprint density at radius 2 is 1.43 bits per heavy atom. The molecule has 1 N–H and O–H groups in total. The normalized spacial score (nSPS) is 10.1. The zero-order valence-electron chi connectivity index (χ0n) is 11.7. The van der Waals surface area contributed by atoms with Crippen LogP contribution in [-0.2, 0) is 0 Å². The van der Waals surface area contributed by atoms with E-state index in [1.54, 1.807) is 7.11 Å². The number of hydrogen-bond acceptors (Lipinski definition) is 3. The van der Waals surface area contributed by atoms with Gasteiger partial charge in [0.25, 0.3) is 0 Å². The highest BCUT2D eigenvalue weighted by Gasteiger charge is 1.98. The van der Waals surface area contributed by atoms with Gasteiger partial charge in [0, 0.05) is 18.1 Å². The fraction of sp³-hybridized carbons (Fsp3) is 0.0588. The van der Waals surface area contributed by atoms with Gasteiger partial charge in [-0.25, -0.2) is 5.48 Å². The fourth-order valence-electron chi connectivity index (χ4n) is 1.97. The SMILES string of the molecule is COc1ccc(NOc2ccc(-n3cccc3)cc2)cc1.